The normalized spacial score (nSPS) is 21.3. The number of rotatable bonds is 5. The molecule has 4 aliphatic rings. The molecule has 2 saturated heterocycles. The summed E-state index contributed by atoms with van der Waals surface area (Å²) in [6, 6.07) is 2.41. The first-order valence-electron chi connectivity index (χ1n) is 18.3. The van der Waals surface area contributed by atoms with Crippen molar-refractivity contribution in [2.75, 3.05) is 44.2 Å². The summed E-state index contributed by atoms with van der Waals surface area (Å²) in [5, 5.41) is 9.39. The minimum absolute atomic E-state index is 0.0450. The summed E-state index contributed by atoms with van der Waals surface area (Å²) < 4.78 is 69.4. The summed E-state index contributed by atoms with van der Waals surface area (Å²) in [6.45, 7) is 8.59. The topological polar surface area (TPSA) is 92.0 Å². The van der Waals surface area contributed by atoms with Gasteiger partial charge in [-0.05, 0) is 76.1 Å². The Kier molecular flexibility index (Phi) is 9.53. The quantitative estimate of drug-likeness (QED) is 0.278. The van der Waals surface area contributed by atoms with Gasteiger partial charge in [-0.25, -0.2) is 22.4 Å². The fourth-order valence-electron chi connectivity index (χ4n) is 8.38. The second-order valence-electron chi connectivity index (χ2n) is 15.6. The standard InChI is InChI=1S/C37H48F4N8O3/c1-23(50)46-15-10-30-29(21-46)34(48-12-6-7-24-17-27(25-19-42-44(5)20-25)28(33(38)39)18-31(24)48)43-49(30)26-8-13-45(14-9-26)32-11-16-47(22-37(32,40)41)35(51)52-36(2,3)4/h17-20,26,32-33H,6-16,21-22H2,1-5H3. The van der Waals surface area contributed by atoms with Gasteiger partial charge in [0, 0.05) is 87.4 Å². The van der Waals surface area contributed by atoms with Crippen LogP contribution in [-0.2, 0) is 36.0 Å². The first-order valence-corrected chi connectivity index (χ1v) is 18.3. The van der Waals surface area contributed by atoms with Gasteiger partial charge in [0.25, 0.3) is 12.3 Å². The third-order valence-electron chi connectivity index (χ3n) is 10.9. The van der Waals surface area contributed by atoms with Crippen LogP contribution in [0, 0.1) is 0 Å². The number of amides is 2. The van der Waals surface area contributed by atoms with E-state index in [4.69, 9.17) is 9.84 Å². The highest BCUT2D eigenvalue weighted by Gasteiger charge is 2.50. The molecule has 2 fully saturated rings. The maximum absolute atomic E-state index is 15.6. The second kappa shape index (κ2) is 13.7. The molecular formula is C37H48F4N8O3. The number of nitrogens with zero attached hydrogens (tertiary/aromatic N) is 8. The number of hydrogen-bond donors (Lipinski definition) is 0. The third-order valence-corrected chi connectivity index (χ3v) is 10.9. The van der Waals surface area contributed by atoms with E-state index in [1.54, 1.807) is 62.8 Å². The van der Waals surface area contributed by atoms with Crippen LogP contribution in [-0.4, -0.2) is 103 Å². The van der Waals surface area contributed by atoms with E-state index in [0.29, 0.717) is 74.6 Å². The molecule has 52 heavy (non-hydrogen) atoms. The molecule has 6 heterocycles. The highest BCUT2D eigenvalue weighted by Crippen LogP contribution is 2.44. The molecule has 282 valence electrons. The van der Waals surface area contributed by atoms with Crippen LogP contribution in [0.4, 0.5) is 33.9 Å². The largest absolute Gasteiger partial charge is 0.444 e. The highest BCUT2D eigenvalue weighted by atomic mass is 19.3. The van der Waals surface area contributed by atoms with E-state index < -0.39 is 36.6 Å². The molecule has 0 aliphatic carbocycles. The zero-order chi connectivity index (χ0) is 37.1. The molecule has 3 aromatic rings. The van der Waals surface area contributed by atoms with E-state index in [1.165, 1.54) is 0 Å². The van der Waals surface area contributed by atoms with Gasteiger partial charge in [-0.15, -0.1) is 0 Å². The average Bonchev–Trinajstić information content (AvgIpc) is 3.69. The predicted octanol–water partition coefficient (Wildman–Crippen LogP) is 6.49. The molecule has 0 saturated carbocycles. The fraction of sp³-hybridized carbons (Fsp3) is 0.622. The molecule has 15 heteroatoms. The van der Waals surface area contributed by atoms with Gasteiger partial charge in [0.05, 0.1) is 31.4 Å². The molecule has 2 amide bonds. The Morgan fingerprint density at radius 2 is 1.75 bits per heavy atom. The Labute approximate surface area is 301 Å². The van der Waals surface area contributed by atoms with Gasteiger partial charge in [0.15, 0.2) is 5.82 Å². The van der Waals surface area contributed by atoms with Crippen molar-refractivity contribution in [3.8, 4) is 11.1 Å². The lowest BCUT2D eigenvalue weighted by molar-refractivity contribution is -0.130. The van der Waals surface area contributed by atoms with Crippen LogP contribution in [0.25, 0.3) is 11.1 Å². The van der Waals surface area contributed by atoms with Crippen LogP contribution in [0.5, 0.6) is 0 Å². The lowest BCUT2D eigenvalue weighted by Gasteiger charge is -2.45. The molecule has 7 rings (SSSR count). The zero-order valence-corrected chi connectivity index (χ0v) is 30.5. The lowest BCUT2D eigenvalue weighted by atomic mass is 9.92. The number of piperidine rings is 2. The van der Waals surface area contributed by atoms with Gasteiger partial charge in [0.2, 0.25) is 5.91 Å². The van der Waals surface area contributed by atoms with Crippen LogP contribution in [0.15, 0.2) is 24.5 Å². The number of ether oxygens (including phenoxy) is 1. The zero-order valence-electron chi connectivity index (χ0n) is 30.5. The van der Waals surface area contributed by atoms with Gasteiger partial charge >= 0.3 is 6.09 Å². The summed E-state index contributed by atoms with van der Waals surface area (Å²) in [6.07, 6.45) is 3.39. The summed E-state index contributed by atoms with van der Waals surface area (Å²) in [5.41, 5.74) is 3.82. The molecule has 0 spiro atoms. The van der Waals surface area contributed by atoms with E-state index in [-0.39, 0.29) is 30.5 Å². The van der Waals surface area contributed by atoms with Crippen LogP contribution in [0.2, 0.25) is 0 Å². The molecule has 0 N–H and O–H groups in total. The first kappa shape index (κ1) is 36.2. The maximum Gasteiger partial charge on any atom is 0.410 e. The first-order chi connectivity index (χ1) is 24.6. The molecular weight excluding hydrogens is 680 g/mol. The van der Waals surface area contributed by atoms with Gasteiger partial charge in [0.1, 0.15) is 5.60 Å². The number of likely N-dealkylation sites (tertiary alicyclic amines) is 2. The molecule has 0 radical (unpaired) electrons. The summed E-state index contributed by atoms with van der Waals surface area (Å²) in [5.74, 6) is -2.47. The molecule has 11 nitrogen and oxygen atoms in total. The Morgan fingerprint density at radius 1 is 1.00 bits per heavy atom. The monoisotopic (exact) mass is 728 g/mol. The van der Waals surface area contributed by atoms with E-state index in [0.717, 1.165) is 34.6 Å². The van der Waals surface area contributed by atoms with Crippen LogP contribution in [0.3, 0.4) is 0 Å². The molecule has 2 aromatic heterocycles. The smallest absolute Gasteiger partial charge is 0.410 e. The SMILES string of the molecule is CC(=O)N1CCc2c(c(N3CCCc4cc(-c5cnn(C)c5)c(C(F)F)cc43)nn2C2CCN(C3CCN(C(=O)OC(C)(C)C)CC3(F)F)CC2)C1. The Bertz CT molecular complexity index is 1830. The van der Waals surface area contributed by atoms with E-state index in [1.807, 2.05) is 20.5 Å². The van der Waals surface area contributed by atoms with Gasteiger partial charge < -0.3 is 19.4 Å². The number of fused-ring (bicyclic) bond motifs is 2. The van der Waals surface area contributed by atoms with E-state index in [2.05, 4.69) is 5.10 Å². The number of hydrogen-bond acceptors (Lipinski definition) is 7. The van der Waals surface area contributed by atoms with Crippen molar-refractivity contribution in [3.05, 3.63) is 46.9 Å². The molecule has 0 bridgehead atoms. The van der Waals surface area contributed by atoms with Gasteiger partial charge in [-0.1, -0.05) is 0 Å². The number of aryl methyl sites for hydroxylation is 2. The Balaban J connectivity index is 1.15. The number of benzene rings is 1. The van der Waals surface area contributed by atoms with Crippen molar-refractivity contribution in [1.82, 2.24) is 34.3 Å². The molecule has 4 aliphatic heterocycles. The van der Waals surface area contributed by atoms with Crippen molar-refractivity contribution in [2.45, 2.75) is 103 Å². The van der Waals surface area contributed by atoms with Gasteiger partial charge in [-0.3, -0.25) is 19.1 Å². The van der Waals surface area contributed by atoms with Crippen molar-refractivity contribution in [2.24, 2.45) is 7.05 Å². The number of carbonyl (C=O) groups is 2. The van der Waals surface area contributed by atoms with Crippen molar-refractivity contribution in [3.63, 3.8) is 0 Å². The van der Waals surface area contributed by atoms with E-state index >= 15 is 8.78 Å². The molecule has 1 unspecified atom stereocenters. The van der Waals surface area contributed by atoms with Gasteiger partial charge in [-0.2, -0.15) is 10.2 Å². The second-order valence-corrected chi connectivity index (χ2v) is 15.6. The van der Waals surface area contributed by atoms with E-state index in [9.17, 15) is 18.4 Å². The number of alkyl halides is 4. The van der Waals surface area contributed by atoms with Crippen molar-refractivity contribution >= 4 is 23.5 Å². The number of aromatic nitrogens is 4. The summed E-state index contributed by atoms with van der Waals surface area (Å²) in [7, 11) is 1.76. The number of anilines is 2. The lowest BCUT2D eigenvalue weighted by Crippen LogP contribution is -2.60. The van der Waals surface area contributed by atoms with Crippen LogP contribution in [0.1, 0.15) is 88.2 Å². The highest BCUT2D eigenvalue weighted by molar-refractivity contribution is 5.78. The average molecular weight is 729 g/mol. The number of carbonyl (C=O) groups excluding carboxylic acids is 2. The fourth-order valence-corrected chi connectivity index (χ4v) is 8.38. The Morgan fingerprint density at radius 3 is 2.38 bits per heavy atom. The van der Waals surface area contributed by atoms with Crippen molar-refractivity contribution < 1.29 is 31.9 Å². The summed E-state index contributed by atoms with van der Waals surface area (Å²) in [4.78, 5) is 31.9. The maximum atomic E-state index is 15.6. The predicted molar refractivity (Wildman–Crippen MR) is 187 cm³/mol. The minimum Gasteiger partial charge on any atom is -0.444 e. The van der Waals surface area contributed by atoms with Crippen LogP contribution < -0.4 is 4.90 Å². The van der Waals surface area contributed by atoms with Crippen LogP contribution >= 0.6 is 0 Å². The number of halogens is 4. The molecule has 1 aromatic carbocycles. The third kappa shape index (κ3) is 7.00. The minimum atomic E-state index is -3.09. The Hall–Kier alpha value is -4.14. The summed E-state index contributed by atoms with van der Waals surface area (Å²) >= 11 is 0. The van der Waals surface area contributed by atoms with Crippen molar-refractivity contribution in [1.29, 1.82) is 0 Å². The molecule has 1 atom stereocenters.